The Morgan fingerprint density at radius 2 is 2.04 bits per heavy atom. The molecule has 1 aliphatic heterocycles. The van der Waals surface area contributed by atoms with Crippen LogP contribution in [0.1, 0.15) is 46.0 Å². The van der Waals surface area contributed by atoms with Crippen molar-refractivity contribution in [2.75, 3.05) is 11.4 Å². The molecular weight excluding hydrogens is 324 g/mol. The van der Waals surface area contributed by atoms with Crippen molar-refractivity contribution in [2.45, 2.75) is 33.3 Å². The van der Waals surface area contributed by atoms with Gasteiger partial charge in [0, 0.05) is 30.8 Å². The Bertz CT molecular complexity index is 855. The molecule has 1 aromatic carbocycles. The molecule has 0 aliphatic carbocycles. The van der Waals surface area contributed by atoms with E-state index in [0.29, 0.717) is 24.2 Å². The van der Waals surface area contributed by atoms with E-state index in [1.54, 1.807) is 30.0 Å². The fourth-order valence-electron chi connectivity index (χ4n) is 2.85. The minimum Gasteiger partial charge on any atom is -0.448 e. The summed E-state index contributed by atoms with van der Waals surface area (Å²) in [5.41, 5.74) is 2.76. The van der Waals surface area contributed by atoms with Gasteiger partial charge in [-0.25, -0.2) is 4.79 Å². The highest BCUT2D eigenvalue weighted by Gasteiger charge is 2.26. The van der Waals surface area contributed by atoms with Crippen molar-refractivity contribution in [2.24, 2.45) is 0 Å². The van der Waals surface area contributed by atoms with E-state index in [-0.39, 0.29) is 17.5 Å². The standard InChI is InChI=1S/C18H18N2O5/c1-10-8-16(25-19-10)18(23)24-11(2)17(22)14-4-5-15-13(9-14)6-7-20(15)12(3)21/h4-5,8-9,11H,6-7H2,1-3H3. The van der Waals surface area contributed by atoms with E-state index >= 15 is 0 Å². The van der Waals surface area contributed by atoms with E-state index in [1.165, 1.54) is 19.9 Å². The number of Topliss-reactive ketones (excluding diaryl/α,β-unsaturated/α-hetero) is 1. The largest absolute Gasteiger partial charge is 0.448 e. The summed E-state index contributed by atoms with van der Waals surface area (Å²) < 4.78 is 9.99. The van der Waals surface area contributed by atoms with Crippen LogP contribution in [-0.4, -0.2) is 35.5 Å². The summed E-state index contributed by atoms with van der Waals surface area (Å²) in [5.74, 6) is -1.11. The average Bonchev–Trinajstić information content (AvgIpc) is 3.19. The van der Waals surface area contributed by atoms with Crippen LogP contribution in [0.2, 0.25) is 0 Å². The van der Waals surface area contributed by atoms with Crippen LogP contribution in [0, 0.1) is 6.92 Å². The first-order valence-electron chi connectivity index (χ1n) is 7.96. The van der Waals surface area contributed by atoms with Crippen molar-refractivity contribution in [3.05, 3.63) is 46.8 Å². The molecule has 3 rings (SSSR count). The highest BCUT2D eigenvalue weighted by molar-refractivity contribution is 6.02. The van der Waals surface area contributed by atoms with Crippen LogP contribution in [0.4, 0.5) is 5.69 Å². The molecule has 1 unspecified atom stereocenters. The second kappa shape index (κ2) is 6.51. The first kappa shape index (κ1) is 16.9. The Morgan fingerprint density at radius 1 is 1.28 bits per heavy atom. The number of fused-ring (bicyclic) bond motifs is 1. The van der Waals surface area contributed by atoms with Crippen LogP contribution in [0.15, 0.2) is 28.8 Å². The summed E-state index contributed by atoms with van der Waals surface area (Å²) >= 11 is 0. The number of carbonyl (C=O) groups excluding carboxylic acids is 3. The lowest BCUT2D eigenvalue weighted by Crippen LogP contribution is -2.26. The molecule has 7 nitrogen and oxygen atoms in total. The number of ether oxygens (including phenoxy) is 1. The van der Waals surface area contributed by atoms with Crippen molar-refractivity contribution in [3.8, 4) is 0 Å². The maximum absolute atomic E-state index is 12.5. The van der Waals surface area contributed by atoms with Gasteiger partial charge in [-0.1, -0.05) is 5.16 Å². The topological polar surface area (TPSA) is 89.7 Å². The Labute approximate surface area is 144 Å². The number of rotatable bonds is 4. The molecule has 0 saturated carbocycles. The van der Waals surface area contributed by atoms with Crippen LogP contribution in [0.3, 0.4) is 0 Å². The molecule has 1 amide bonds. The molecular formula is C18H18N2O5. The molecule has 7 heteroatoms. The normalized spacial score (nSPS) is 14.1. The summed E-state index contributed by atoms with van der Waals surface area (Å²) in [4.78, 5) is 37.7. The number of hydrogen-bond acceptors (Lipinski definition) is 6. The maximum Gasteiger partial charge on any atom is 0.377 e. The number of esters is 1. The van der Waals surface area contributed by atoms with E-state index in [2.05, 4.69) is 5.16 Å². The molecule has 1 aliphatic rings. The summed E-state index contributed by atoms with van der Waals surface area (Å²) in [6, 6.07) is 6.60. The van der Waals surface area contributed by atoms with E-state index in [9.17, 15) is 14.4 Å². The van der Waals surface area contributed by atoms with Gasteiger partial charge in [0.25, 0.3) is 0 Å². The molecule has 1 atom stereocenters. The van der Waals surface area contributed by atoms with E-state index in [4.69, 9.17) is 9.26 Å². The van der Waals surface area contributed by atoms with Gasteiger partial charge >= 0.3 is 5.97 Å². The zero-order valence-electron chi connectivity index (χ0n) is 14.2. The van der Waals surface area contributed by atoms with Gasteiger partial charge in [0.2, 0.25) is 17.5 Å². The SMILES string of the molecule is CC(=O)N1CCc2cc(C(=O)C(C)OC(=O)c3cc(C)no3)ccc21. The molecule has 0 fully saturated rings. The predicted molar refractivity (Wildman–Crippen MR) is 88.6 cm³/mol. The number of nitrogens with zero attached hydrogens (tertiary/aromatic N) is 2. The molecule has 2 aromatic rings. The van der Waals surface area contributed by atoms with Crippen LogP contribution in [0.5, 0.6) is 0 Å². The van der Waals surface area contributed by atoms with Gasteiger partial charge in [0.15, 0.2) is 6.10 Å². The van der Waals surface area contributed by atoms with E-state index < -0.39 is 12.1 Å². The molecule has 130 valence electrons. The Hall–Kier alpha value is -2.96. The van der Waals surface area contributed by atoms with Crippen molar-refractivity contribution >= 4 is 23.3 Å². The molecule has 0 radical (unpaired) electrons. The van der Waals surface area contributed by atoms with Gasteiger partial charge in [0.05, 0.1) is 5.69 Å². The number of amides is 1. The predicted octanol–water partition coefficient (Wildman–Crippen LogP) is 2.32. The van der Waals surface area contributed by atoms with Gasteiger partial charge < -0.3 is 14.2 Å². The number of carbonyl (C=O) groups is 3. The van der Waals surface area contributed by atoms with Crippen LogP contribution in [0.25, 0.3) is 0 Å². The quantitative estimate of drug-likeness (QED) is 0.626. The second-order valence-electron chi connectivity index (χ2n) is 6.01. The van der Waals surface area contributed by atoms with Gasteiger partial charge in [-0.05, 0) is 44.0 Å². The third-order valence-corrected chi connectivity index (χ3v) is 4.12. The lowest BCUT2D eigenvalue weighted by molar-refractivity contribution is -0.116. The summed E-state index contributed by atoms with van der Waals surface area (Å²) in [5, 5.41) is 3.62. The Morgan fingerprint density at radius 3 is 2.68 bits per heavy atom. The van der Waals surface area contributed by atoms with E-state index in [0.717, 1.165) is 11.3 Å². The highest BCUT2D eigenvalue weighted by atomic mass is 16.6. The van der Waals surface area contributed by atoms with Crippen molar-refractivity contribution in [1.29, 1.82) is 0 Å². The second-order valence-corrected chi connectivity index (χ2v) is 6.01. The lowest BCUT2D eigenvalue weighted by Gasteiger charge is -2.15. The lowest BCUT2D eigenvalue weighted by atomic mass is 10.0. The maximum atomic E-state index is 12.5. The summed E-state index contributed by atoms with van der Waals surface area (Å²) in [6.07, 6.45) is -0.261. The van der Waals surface area contributed by atoms with Crippen LogP contribution in [-0.2, 0) is 16.0 Å². The molecule has 0 N–H and O–H groups in total. The number of benzene rings is 1. The average molecular weight is 342 g/mol. The Balaban J connectivity index is 1.73. The van der Waals surface area contributed by atoms with Crippen molar-refractivity contribution < 1.29 is 23.6 Å². The number of ketones is 1. The molecule has 0 spiro atoms. The highest BCUT2D eigenvalue weighted by Crippen LogP contribution is 2.29. The fourth-order valence-corrected chi connectivity index (χ4v) is 2.85. The first-order chi connectivity index (χ1) is 11.9. The third kappa shape index (κ3) is 3.31. The number of aromatic nitrogens is 1. The van der Waals surface area contributed by atoms with Gasteiger partial charge in [-0.2, -0.15) is 0 Å². The third-order valence-electron chi connectivity index (χ3n) is 4.12. The van der Waals surface area contributed by atoms with Crippen LogP contribution >= 0.6 is 0 Å². The zero-order valence-corrected chi connectivity index (χ0v) is 14.2. The number of aryl methyl sites for hydroxylation is 1. The van der Waals surface area contributed by atoms with Crippen molar-refractivity contribution in [3.63, 3.8) is 0 Å². The van der Waals surface area contributed by atoms with Gasteiger partial charge in [-0.15, -0.1) is 0 Å². The minimum atomic E-state index is -0.957. The minimum absolute atomic E-state index is 0.0255. The van der Waals surface area contributed by atoms with Crippen LogP contribution < -0.4 is 4.90 Å². The first-order valence-corrected chi connectivity index (χ1v) is 7.96. The molecule has 0 bridgehead atoms. The smallest absolute Gasteiger partial charge is 0.377 e. The van der Waals surface area contributed by atoms with Gasteiger partial charge in [0.1, 0.15) is 0 Å². The molecule has 0 saturated heterocycles. The fraction of sp³-hybridized carbons (Fsp3) is 0.333. The van der Waals surface area contributed by atoms with E-state index in [1.807, 2.05) is 0 Å². The number of anilines is 1. The summed E-state index contributed by atoms with van der Waals surface area (Å²) in [7, 11) is 0. The molecule has 1 aromatic heterocycles. The van der Waals surface area contributed by atoms with Gasteiger partial charge in [-0.3, -0.25) is 9.59 Å². The van der Waals surface area contributed by atoms with Crippen molar-refractivity contribution in [1.82, 2.24) is 5.16 Å². The zero-order chi connectivity index (χ0) is 18.1. The molecule has 25 heavy (non-hydrogen) atoms. The number of hydrogen-bond donors (Lipinski definition) is 0. The Kier molecular flexibility index (Phi) is 4.39. The molecule has 2 heterocycles. The summed E-state index contributed by atoms with van der Waals surface area (Å²) in [6.45, 7) is 5.32. The monoisotopic (exact) mass is 342 g/mol.